The Morgan fingerprint density at radius 2 is 2.00 bits per heavy atom. The summed E-state index contributed by atoms with van der Waals surface area (Å²) in [6.45, 7) is 0. The van der Waals surface area contributed by atoms with Crippen LogP contribution in [-0.4, -0.2) is 25.7 Å². The van der Waals surface area contributed by atoms with E-state index in [0.717, 1.165) is 4.31 Å². The number of guanidine groups is 1. The largest absolute Gasteiger partial charge is 0.397 e. The van der Waals surface area contributed by atoms with Gasteiger partial charge >= 0.3 is 0 Å². The molecule has 0 unspecified atom stereocenters. The molecule has 7 heteroatoms. The Balaban J connectivity index is 2.84. The molecule has 15 heavy (non-hydrogen) atoms. The Bertz CT molecular complexity index is 550. The van der Waals surface area contributed by atoms with Gasteiger partial charge in [0.2, 0.25) is 5.96 Å². The van der Waals surface area contributed by atoms with Crippen molar-refractivity contribution in [2.75, 3.05) is 12.8 Å². The molecule has 0 aromatic heterocycles. The second-order valence-corrected chi connectivity index (χ2v) is 5.07. The number of nitrogens with zero attached hydrogens (tertiary/aromatic N) is 2. The molecule has 0 atom stereocenters. The molecule has 0 saturated heterocycles. The summed E-state index contributed by atoms with van der Waals surface area (Å²) in [5.74, 6) is -0.0830. The first-order valence-electron chi connectivity index (χ1n) is 4.16. The fourth-order valence-electron chi connectivity index (χ4n) is 1.32. The van der Waals surface area contributed by atoms with E-state index in [1.54, 1.807) is 12.1 Å². The van der Waals surface area contributed by atoms with Crippen LogP contribution in [-0.2, 0) is 10.0 Å². The summed E-state index contributed by atoms with van der Waals surface area (Å²) in [6.07, 6.45) is 0. The lowest BCUT2D eigenvalue weighted by Crippen LogP contribution is -2.40. The SMILES string of the molecule is CN1C(N)=Nc2c(N)cccc2S1(=O)=O. The molecule has 80 valence electrons. The van der Waals surface area contributed by atoms with Crippen LogP contribution in [0.1, 0.15) is 0 Å². The molecular formula is C8H10N4O2S. The predicted octanol–water partition coefficient (Wildman–Crippen LogP) is -0.151. The van der Waals surface area contributed by atoms with Crippen molar-refractivity contribution in [1.82, 2.24) is 4.31 Å². The number of sulfonamides is 1. The van der Waals surface area contributed by atoms with Crippen molar-refractivity contribution in [2.24, 2.45) is 10.7 Å². The second kappa shape index (κ2) is 2.86. The van der Waals surface area contributed by atoms with Gasteiger partial charge in [-0.25, -0.2) is 17.7 Å². The van der Waals surface area contributed by atoms with Crippen molar-refractivity contribution < 1.29 is 8.42 Å². The Labute approximate surface area is 87.3 Å². The highest BCUT2D eigenvalue weighted by Crippen LogP contribution is 2.35. The van der Waals surface area contributed by atoms with Gasteiger partial charge < -0.3 is 11.5 Å². The lowest BCUT2D eigenvalue weighted by Gasteiger charge is -2.24. The van der Waals surface area contributed by atoms with Gasteiger partial charge in [0.05, 0.1) is 5.69 Å². The number of aliphatic imine (C=N–C) groups is 1. The van der Waals surface area contributed by atoms with Crippen LogP contribution in [0, 0.1) is 0 Å². The zero-order valence-corrected chi connectivity index (χ0v) is 8.82. The minimum absolute atomic E-state index is 0.0826. The first-order chi connectivity index (χ1) is 6.94. The van der Waals surface area contributed by atoms with Gasteiger partial charge in [-0.1, -0.05) is 6.07 Å². The summed E-state index contributed by atoms with van der Waals surface area (Å²) >= 11 is 0. The van der Waals surface area contributed by atoms with Crippen LogP contribution in [0.25, 0.3) is 0 Å². The fourth-order valence-corrected chi connectivity index (χ4v) is 2.56. The van der Waals surface area contributed by atoms with Crippen molar-refractivity contribution in [3.63, 3.8) is 0 Å². The topological polar surface area (TPSA) is 102 Å². The molecule has 1 aromatic carbocycles. The number of benzene rings is 1. The molecule has 0 spiro atoms. The monoisotopic (exact) mass is 226 g/mol. The van der Waals surface area contributed by atoms with Crippen molar-refractivity contribution in [3.05, 3.63) is 18.2 Å². The number of hydrogen-bond donors (Lipinski definition) is 2. The highest BCUT2D eigenvalue weighted by Gasteiger charge is 2.30. The molecule has 6 nitrogen and oxygen atoms in total. The van der Waals surface area contributed by atoms with E-state index >= 15 is 0 Å². The molecule has 1 heterocycles. The number of nitrogens with two attached hydrogens (primary N) is 2. The van der Waals surface area contributed by atoms with E-state index in [1.165, 1.54) is 13.1 Å². The minimum Gasteiger partial charge on any atom is -0.397 e. The van der Waals surface area contributed by atoms with Crippen LogP contribution < -0.4 is 11.5 Å². The van der Waals surface area contributed by atoms with Gasteiger partial charge in [0, 0.05) is 7.05 Å². The van der Waals surface area contributed by atoms with Crippen molar-refractivity contribution in [1.29, 1.82) is 0 Å². The van der Waals surface area contributed by atoms with Crippen LogP contribution >= 0.6 is 0 Å². The summed E-state index contributed by atoms with van der Waals surface area (Å²) in [5, 5.41) is 0. The maximum absolute atomic E-state index is 11.9. The molecule has 1 aliphatic heterocycles. The molecule has 1 aliphatic rings. The smallest absolute Gasteiger partial charge is 0.268 e. The Morgan fingerprint density at radius 1 is 1.33 bits per heavy atom. The van der Waals surface area contributed by atoms with E-state index in [9.17, 15) is 8.42 Å². The van der Waals surface area contributed by atoms with Crippen LogP contribution in [0.5, 0.6) is 0 Å². The Kier molecular flexibility index (Phi) is 1.87. The summed E-state index contributed by atoms with van der Waals surface area (Å²) in [6, 6.07) is 4.60. The highest BCUT2D eigenvalue weighted by molar-refractivity contribution is 7.90. The Hall–Kier alpha value is -1.76. The minimum atomic E-state index is -3.59. The van der Waals surface area contributed by atoms with Crippen LogP contribution in [0.2, 0.25) is 0 Å². The third-order valence-corrected chi connectivity index (χ3v) is 4.01. The van der Waals surface area contributed by atoms with E-state index in [-0.39, 0.29) is 16.5 Å². The lowest BCUT2D eigenvalue weighted by atomic mass is 10.3. The zero-order chi connectivity index (χ0) is 11.2. The van der Waals surface area contributed by atoms with E-state index < -0.39 is 10.0 Å². The Morgan fingerprint density at radius 3 is 2.67 bits per heavy atom. The number of hydrogen-bond acceptors (Lipinski definition) is 5. The maximum Gasteiger partial charge on any atom is 0.268 e. The van der Waals surface area contributed by atoms with E-state index in [1.807, 2.05) is 0 Å². The van der Waals surface area contributed by atoms with Crippen LogP contribution in [0.4, 0.5) is 11.4 Å². The first-order valence-corrected chi connectivity index (χ1v) is 5.60. The van der Waals surface area contributed by atoms with E-state index in [4.69, 9.17) is 11.5 Å². The maximum atomic E-state index is 11.9. The van der Waals surface area contributed by atoms with Gasteiger partial charge in [0.15, 0.2) is 0 Å². The molecule has 0 radical (unpaired) electrons. The molecule has 0 fully saturated rings. The average Bonchev–Trinajstić information content (AvgIpc) is 2.17. The number of anilines is 1. The van der Waals surface area contributed by atoms with Crippen LogP contribution in [0.15, 0.2) is 28.1 Å². The molecule has 0 amide bonds. The van der Waals surface area contributed by atoms with Gasteiger partial charge in [0.1, 0.15) is 10.6 Å². The standard InChI is InChI=1S/C8H10N4O2S/c1-12-8(10)11-7-5(9)3-2-4-6(7)15(12,13)14/h2-4H,9H2,1H3,(H2,10,11). The summed E-state index contributed by atoms with van der Waals surface area (Å²) in [4.78, 5) is 4.02. The van der Waals surface area contributed by atoms with Gasteiger partial charge in [-0.2, -0.15) is 0 Å². The van der Waals surface area contributed by atoms with E-state index in [2.05, 4.69) is 4.99 Å². The molecule has 0 aliphatic carbocycles. The number of para-hydroxylation sites is 1. The normalized spacial score (nSPS) is 18.2. The second-order valence-electron chi connectivity index (χ2n) is 3.14. The zero-order valence-electron chi connectivity index (χ0n) is 8.01. The van der Waals surface area contributed by atoms with Crippen molar-refractivity contribution >= 4 is 27.4 Å². The summed E-state index contributed by atoms with van der Waals surface area (Å²) < 4.78 is 24.7. The quantitative estimate of drug-likeness (QED) is 0.600. The fraction of sp³-hybridized carbons (Fsp3) is 0.125. The average molecular weight is 226 g/mol. The first kappa shape index (κ1) is 9.78. The molecule has 0 saturated carbocycles. The van der Waals surface area contributed by atoms with Crippen molar-refractivity contribution in [3.8, 4) is 0 Å². The number of rotatable bonds is 0. The number of nitrogen functional groups attached to an aromatic ring is 1. The molecule has 0 bridgehead atoms. The summed E-state index contributed by atoms with van der Waals surface area (Å²) in [7, 11) is -2.25. The third-order valence-electron chi connectivity index (χ3n) is 2.22. The van der Waals surface area contributed by atoms with Gasteiger partial charge in [-0.05, 0) is 12.1 Å². The van der Waals surface area contributed by atoms with Gasteiger partial charge in [0.25, 0.3) is 10.0 Å². The van der Waals surface area contributed by atoms with Crippen molar-refractivity contribution in [2.45, 2.75) is 4.90 Å². The molecule has 1 aromatic rings. The highest BCUT2D eigenvalue weighted by atomic mass is 32.2. The third kappa shape index (κ3) is 1.23. The lowest BCUT2D eigenvalue weighted by molar-refractivity contribution is 0.548. The van der Waals surface area contributed by atoms with Crippen LogP contribution in [0.3, 0.4) is 0 Å². The molecule has 2 rings (SSSR count). The van der Waals surface area contributed by atoms with E-state index in [0.29, 0.717) is 5.69 Å². The van der Waals surface area contributed by atoms with Gasteiger partial charge in [-0.3, -0.25) is 0 Å². The molecule has 4 N–H and O–H groups in total. The summed E-state index contributed by atoms with van der Waals surface area (Å²) in [5.41, 5.74) is 11.6. The van der Waals surface area contributed by atoms with Gasteiger partial charge in [-0.15, -0.1) is 0 Å². The number of fused-ring (bicyclic) bond motifs is 1. The molecular weight excluding hydrogens is 216 g/mol. The predicted molar refractivity (Wildman–Crippen MR) is 57.1 cm³/mol.